The topological polar surface area (TPSA) is 81.1 Å². The first-order valence-electron chi connectivity index (χ1n) is 3.56. The van der Waals surface area contributed by atoms with Crippen molar-refractivity contribution in [3.63, 3.8) is 0 Å². The van der Waals surface area contributed by atoms with Gasteiger partial charge in [0.05, 0.1) is 17.6 Å². The van der Waals surface area contributed by atoms with Crippen LogP contribution in [0, 0.1) is 6.92 Å². The molecule has 1 rings (SSSR count). The molecule has 0 saturated carbocycles. The number of nitrogens with zero attached hydrogens (tertiary/aromatic N) is 2. The van der Waals surface area contributed by atoms with Crippen LogP contribution in [0.25, 0.3) is 0 Å². The number of nitrogens with two attached hydrogens (primary N) is 1. The number of aromatic nitrogens is 2. The minimum Gasteiger partial charge on any atom is -0.480 e. The number of carboxylic acids is 1. The van der Waals surface area contributed by atoms with E-state index in [0.29, 0.717) is 11.4 Å². The van der Waals surface area contributed by atoms with Crippen molar-refractivity contribution in [1.82, 2.24) is 9.78 Å². The maximum Gasteiger partial charge on any atom is 0.328 e. The predicted octanol–water partition coefficient (Wildman–Crippen LogP) is 0.419. The van der Waals surface area contributed by atoms with Crippen LogP contribution in [0.1, 0.15) is 18.7 Å². The van der Waals surface area contributed by atoms with Crippen LogP contribution in [0.15, 0.2) is 6.20 Å². The van der Waals surface area contributed by atoms with E-state index in [-0.39, 0.29) is 0 Å². The number of anilines is 1. The van der Waals surface area contributed by atoms with E-state index in [1.165, 1.54) is 10.9 Å². The van der Waals surface area contributed by atoms with Crippen molar-refractivity contribution in [2.24, 2.45) is 0 Å². The molecule has 0 aliphatic carbocycles. The summed E-state index contributed by atoms with van der Waals surface area (Å²) in [7, 11) is 0. The highest BCUT2D eigenvalue weighted by Crippen LogP contribution is 2.14. The highest BCUT2D eigenvalue weighted by Gasteiger charge is 2.16. The molecule has 1 aromatic heterocycles. The van der Waals surface area contributed by atoms with Crippen LogP contribution in [0.3, 0.4) is 0 Å². The third-order valence-electron chi connectivity index (χ3n) is 1.81. The Kier molecular flexibility index (Phi) is 2.03. The number of hydrogen-bond donors (Lipinski definition) is 2. The molecular weight excluding hydrogens is 158 g/mol. The summed E-state index contributed by atoms with van der Waals surface area (Å²) in [5.74, 6) is -0.916. The molecule has 0 aliphatic rings. The molecule has 0 saturated heterocycles. The molecular formula is C7H11N3O2. The molecule has 0 spiro atoms. The number of aliphatic carboxylic acids is 1. The van der Waals surface area contributed by atoms with Crippen molar-refractivity contribution in [3.8, 4) is 0 Å². The third kappa shape index (κ3) is 1.25. The van der Waals surface area contributed by atoms with Crippen molar-refractivity contribution in [2.75, 3.05) is 5.73 Å². The molecule has 0 fully saturated rings. The number of hydrogen-bond acceptors (Lipinski definition) is 3. The van der Waals surface area contributed by atoms with Gasteiger partial charge in [-0.2, -0.15) is 5.10 Å². The number of rotatable bonds is 2. The normalized spacial score (nSPS) is 12.8. The number of carbonyl (C=O) groups is 1. The van der Waals surface area contributed by atoms with Crippen LogP contribution in [0.4, 0.5) is 5.69 Å². The Morgan fingerprint density at radius 1 is 1.83 bits per heavy atom. The average molecular weight is 169 g/mol. The second kappa shape index (κ2) is 2.84. The minimum absolute atomic E-state index is 0.517. The summed E-state index contributed by atoms with van der Waals surface area (Å²) in [5, 5.41) is 12.5. The standard InChI is InChI=1S/C7H11N3O2/c1-4-6(8)3-9-10(4)5(2)7(11)12/h3,5H,8H2,1-2H3,(H,11,12). The Morgan fingerprint density at radius 3 is 2.75 bits per heavy atom. The van der Waals surface area contributed by atoms with Crippen LogP contribution in [-0.2, 0) is 4.79 Å². The average Bonchev–Trinajstić information content (AvgIpc) is 2.32. The summed E-state index contributed by atoms with van der Waals surface area (Å²) in [5.41, 5.74) is 6.70. The van der Waals surface area contributed by atoms with Gasteiger partial charge in [-0.3, -0.25) is 4.68 Å². The van der Waals surface area contributed by atoms with Crippen molar-refractivity contribution in [2.45, 2.75) is 19.9 Å². The van der Waals surface area contributed by atoms with Gasteiger partial charge in [0.2, 0.25) is 0 Å². The van der Waals surface area contributed by atoms with Gasteiger partial charge >= 0.3 is 5.97 Å². The Balaban J connectivity index is 3.03. The fourth-order valence-corrected chi connectivity index (χ4v) is 0.932. The monoisotopic (exact) mass is 169 g/mol. The molecule has 1 aromatic rings. The van der Waals surface area contributed by atoms with E-state index < -0.39 is 12.0 Å². The Morgan fingerprint density at radius 2 is 2.42 bits per heavy atom. The van der Waals surface area contributed by atoms with Crippen molar-refractivity contribution >= 4 is 11.7 Å². The lowest BCUT2D eigenvalue weighted by Gasteiger charge is -2.08. The van der Waals surface area contributed by atoms with E-state index in [1.54, 1.807) is 13.8 Å². The van der Waals surface area contributed by atoms with Gasteiger partial charge in [0.15, 0.2) is 0 Å². The molecule has 1 atom stereocenters. The fraction of sp³-hybridized carbons (Fsp3) is 0.429. The molecule has 1 heterocycles. The Bertz CT molecular complexity index is 306. The zero-order valence-corrected chi connectivity index (χ0v) is 6.98. The first kappa shape index (κ1) is 8.58. The van der Waals surface area contributed by atoms with Crippen LogP contribution < -0.4 is 5.73 Å². The molecule has 5 heteroatoms. The van der Waals surface area contributed by atoms with Crippen LogP contribution >= 0.6 is 0 Å². The first-order valence-corrected chi connectivity index (χ1v) is 3.56. The Hall–Kier alpha value is -1.52. The molecule has 0 radical (unpaired) electrons. The van der Waals surface area contributed by atoms with E-state index in [0.717, 1.165) is 0 Å². The van der Waals surface area contributed by atoms with E-state index in [4.69, 9.17) is 10.8 Å². The van der Waals surface area contributed by atoms with Crippen LogP contribution in [0.2, 0.25) is 0 Å². The number of carboxylic acid groups (broad SMARTS) is 1. The molecule has 3 N–H and O–H groups in total. The first-order chi connectivity index (χ1) is 5.54. The fourth-order valence-electron chi connectivity index (χ4n) is 0.932. The van der Waals surface area contributed by atoms with Crippen LogP contribution in [0.5, 0.6) is 0 Å². The molecule has 1 unspecified atom stereocenters. The highest BCUT2D eigenvalue weighted by molar-refractivity contribution is 5.71. The minimum atomic E-state index is -0.916. The van der Waals surface area contributed by atoms with E-state index in [9.17, 15) is 4.79 Å². The SMILES string of the molecule is Cc1c(N)cnn1C(C)C(=O)O. The van der Waals surface area contributed by atoms with E-state index in [1.807, 2.05) is 0 Å². The lowest BCUT2D eigenvalue weighted by Crippen LogP contribution is -2.17. The van der Waals surface area contributed by atoms with Gasteiger partial charge in [-0.15, -0.1) is 0 Å². The summed E-state index contributed by atoms with van der Waals surface area (Å²) < 4.78 is 1.39. The van der Waals surface area contributed by atoms with Gasteiger partial charge in [-0.05, 0) is 13.8 Å². The molecule has 0 aliphatic heterocycles. The number of nitrogen functional groups attached to an aromatic ring is 1. The summed E-state index contributed by atoms with van der Waals surface area (Å²) in [4.78, 5) is 10.6. The third-order valence-corrected chi connectivity index (χ3v) is 1.81. The molecule has 66 valence electrons. The predicted molar refractivity (Wildman–Crippen MR) is 43.7 cm³/mol. The van der Waals surface area contributed by atoms with Gasteiger partial charge in [0.25, 0.3) is 0 Å². The zero-order chi connectivity index (χ0) is 9.30. The molecule has 0 bridgehead atoms. The lowest BCUT2D eigenvalue weighted by molar-refractivity contribution is -0.140. The van der Waals surface area contributed by atoms with E-state index >= 15 is 0 Å². The van der Waals surface area contributed by atoms with Crippen molar-refractivity contribution in [1.29, 1.82) is 0 Å². The summed E-state index contributed by atoms with van der Waals surface area (Å²) in [6, 6.07) is -0.665. The summed E-state index contributed by atoms with van der Waals surface area (Å²) in [6.07, 6.45) is 1.45. The van der Waals surface area contributed by atoms with Gasteiger partial charge in [0.1, 0.15) is 6.04 Å². The molecule has 0 aromatic carbocycles. The van der Waals surface area contributed by atoms with Gasteiger partial charge < -0.3 is 10.8 Å². The molecule has 0 amide bonds. The quantitative estimate of drug-likeness (QED) is 0.672. The van der Waals surface area contributed by atoms with Crippen LogP contribution in [-0.4, -0.2) is 20.9 Å². The second-order valence-electron chi connectivity index (χ2n) is 2.64. The zero-order valence-electron chi connectivity index (χ0n) is 6.98. The summed E-state index contributed by atoms with van der Waals surface area (Å²) >= 11 is 0. The lowest BCUT2D eigenvalue weighted by atomic mass is 10.3. The van der Waals surface area contributed by atoms with Gasteiger partial charge in [0, 0.05) is 0 Å². The largest absolute Gasteiger partial charge is 0.480 e. The maximum atomic E-state index is 10.6. The maximum absolute atomic E-state index is 10.6. The smallest absolute Gasteiger partial charge is 0.328 e. The second-order valence-corrected chi connectivity index (χ2v) is 2.64. The Labute approximate surface area is 69.8 Å². The summed E-state index contributed by atoms with van der Waals surface area (Å²) in [6.45, 7) is 3.30. The van der Waals surface area contributed by atoms with Gasteiger partial charge in [-0.25, -0.2) is 4.79 Å². The molecule has 12 heavy (non-hydrogen) atoms. The van der Waals surface area contributed by atoms with E-state index in [2.05, 4.69) is 5.10 Å². The highest BCUT2D eigenvalue weighted by atomic mass is 16.4. The van der Waals surface area contributed by atoms with Crippen molar-refractivity contribution in [3.05, 3.63) is 11.9 Å². The van der Waals surface area contributed by atoms with Crippen molar-refractivity contribution < 1.29 is 9.90 Å². The molecule has 5 nitrogen and oxygen atoms in total. The van der Waals surface area contributed by atoms with Gasteiger partial charge in [-0.1, -0.05) is 0 Å².